The number of urea groups is 1. The van der Waals surface area contributed by atoms with Gasteiger partial charge in [-0.1, -0.05) is 20.3 Å². The van der Waals surface area contributed by atoms with Crippen LogP contribution in [0.1, 0.15) is 20.3 Å². The van der Waals surface area contributed by atoms with E-state index in [1.165, 1.54) is 14.2 Å². The van der Waals surface area contributed by atoms with Crippen LogP contribution in [0.5, 0.6) is 0 Å². The van der Waals surface area contributed by atoms with Crippen molar-refractivity contribution in [2.45, 2.75) is 32.4 Å². The molecule has 0 heterocycles. The summed E-state index contributed by atoms with van der Waals surface area (Å²) in [5, 5.41) is 14.1. The molecule has 112 valence electrons. The molecule has 0 saturated carbocycles. The van der Waals surface area contributed by atoms with Gasteiger partial charge in [0, 0.05) is 20.8 Å². The molecule has 0 aliphatic rings. The van der Waals surface area contributed by atoms with Crippen LogP contribution in [-0.2, 0) is 14.3 Å². The van der Waals surface area contributed by atoms with Crippen molar-refractivity contribution in [3.63, 3.8) is 0 Å². The lowest BCUT2D eigenvalue weighted by molar-refractivity contribution is -0.140. The van der Waals surface area contributed by atoms with E-state index >= 15 is 0 Å². The van der Waals surface area contributed by atoms with Gasteiger partial charge in [0.25, 0.3) is 0 Å². The van der Waals surface area contributed by atoms with Gasteiger partial charge >= 0.3 is 12.0 Å². The fraction of sp³-hybridized carbons (Fsp3) is 0.833. The highest BCUT2D eigenvalue weighted by Crippen LogP contribution is 2.07. The zero-order valence-corrected chi connectivity index (χ0v) is 11.9. The van der Waals surface area contributed by atoms with E-state index in [0.29, 0.717) is 13.0 Å². The first-order valence-corrected chi connectivity index (χ1v) is 6.25. The summed E-state index contributed by atoms with van der Waals surface area (Å²) < 4.78 is 9.99. The minimum Gasteiger partial charge on any atom is -0.480 e. The first kappa shape index (κ1) is 17.7. The van der Waals surface area contributed by atoms with E-state index in [9.17, 15) is 9.59 Å². The van der Waals surface area contributed by atoms with Crippen LogP contribution in [0.4, 0.5) is 4.79 Å². The van der Waals surface area contributed by atoms with Crippen LogP contribution in [0.25, 0.3) is 0 Å². The van der Waals surface area contributed by atoms with E-state index in [4.69, 9.17) is 14.6 Å². The number of rotatable bonds is 9. The Morgan fingerprint density at radius 3 is 2.37 bits per heavy atom. The van der Waals surface area contributed by atoms with Gasteiger partial charge in [-0.3, -0.25) is 0 Å². The number of carbonyl (C=O) groups excluding carboxylic acids is 1. The lowest BCUT2D eigenvalue weighted by Gasteiger charge is -2.21. The predicted molar refractivity (Wildman–Crippen MR) is 70.1 cm³/mol. The van der Waals surface area contributed by atoms with Crippen molar-refractivity contribution in [3.8, 4) is 0 Å². The van der Waals surface area contributed by atoms with Crippen LogP contribution in [-0.4, -0.2) is 56.6 Å². The molecule has 0 bridgehead atoms. The number of hydrogen-bond acceptors (Lipinski definition) is 4. The summed E-state index contributed by atoms with van der Waals surface area (Å²) in [4.78, 5) is 22.7. The van der Waals surface area contributed by atoms with E-state index < -0.39 is 18.0 Å². The summed E-state index contributed by atoms with van der Waals surface area (Å²) in [7, 11) is 3.05. The monoisotopic (exact) mass is 276 g/mol. The number of methoxy groups -OCH3 is 2. The molecule has 19 heavy (non-hydrogen) atoms. The zero-order valence-electron chi connectivity index (χ0n) is 11.9. The molecule has 7 nitrogen and oxygen atoms in total. The van der Waals surface area contributed by atoms with Gasteiger partial charge in [0.05, 0.1) is 12.7 Å². The molecule has 0 aromatic rings. The molecule has 0 fully saturated rings. The molecule has 0 spiro atoms. The highest BCUT2D eigenvalue weighted by Gasteiger charge is 2.25. The lowest BCUT2D eigenvalue weighted by Crippen LogP contribution is -2.50. The second-order valence-electron chi connectivity index (χ2n) is 4.37. The summed E-state index contributed by atoms with van der Waals surface area (Å²) in [6.45, 7) is 4.26. The molecule has 0 radical (unpaired) electrons. The van der Waals surface area contributed by atoms with Gasteiger partial charge in [0.1, 0.15) is 6.04 Å². The van der Waals surface area contributed by atoms with Crippen molar-refractivity contribution in [1.29, 1.82) is 0 Å². The summed E-state index contributed by atoms with van der Waals surface area (Å²) in [5.41, 5.74) is 0. The standard InChI is InChI=1S/C12H24N2O5/c1-5-8(2)10(11(15)16)14-12(17)13-6-9(19-4)7-18-3/h8-10H,5-7H2,1-4H3,(H,15,16)(H2,13,14,17)/t8-,9?,10-/m0/s1. The molecule has 0 saturated heterocycles. The van der Waals surface area contributed by atoms with Crippen LogP contribution >= 0.6 is 0 Å². The smallest absolute Gasteiger partial charge is 0.326 e. The molecular weight excluding hydrogens is 252 g/mol. The minimum atomic E-state index is -1.04. The maximum absolute atomic E-state index is 11.6. The van der Waals surface area contributed by atoms with E-state index in [2.05, 4.69) is 10.6 Å². The third-order valence-corrected chi connectivity index (χ3v) is 2.94. The molecule has 0 aromatic carbocycles. The maximum atomic E-state index is 11.6. The molecule has 0 aliphatic heterocycles. The van der Waals surface area contributed by atoms with Gasteiger partial charge in [-0.25, -0.2) is 9.59 Å². The summed E-state index contributed by atoms with van der Waals surface area (Å²) in [6, 6.07) is -1.42. The number of hydrogen-bond donors (Lipinski definition) is 3. The Morgan fingerprint density at radius 1 is 1.32 bits per heavy atom. The van der Waals surface area contributed by atoms with Crippen molar-refractivity contribution in [2.75, 3.05) is 27.4 Å². The predicted octanol–water partition coefficient (Wildman–Crippen LogP) is 0.446. The molecular formula is C12H24N2O5. The Morgan fingerprint density at radius 2 is 1.95 bits per heavy atom. The van der Waals surface area contributed by atoms with Gasteiger partial charge in [0.15, 0.2) is 0 Å². The molecule has 7 heteroatoms. The first-order valence-electron chi connectivity index (χ1n) is 6.25. The second kappa shape index (κ2) is 9.57. The summed E-state index contributed by atoms with van der Waals surface area (Å²) in [5.74, 6) is -1.18. The number of ether oxygens (including phenoxy) is 2. The Labute approximate surface area is 113 Å². The molecule has 1 unspecified atom stereocenters. The highest BCUT2D eigenvalue weighted by atomic mass is 16.5. The quantitative estimate of drug-likeness (QED) is 0.568. The molecule has 2 amide bonds. The van der Waals surface area contributed by atoms with Crippen LogP contribution in [0.3, 0.4) is 0 Å². The minimum absolute atomic E-state index is 0.138. The number of nitrogens with one attached hydrogen (secondary N) is 2. The highest BCUT2D eigenvalue weighted by molar-refractivity contribution is 5.82. The maximum Gasteiger partial charge on any atom is 0.326 e. The topological polar surface area (TPSA) is 96.9 Å². The van der Waals surface area contributed by atoms with Gasteiger partial charge in [-0.15, -0.1) is 0 Å². The van der Waals surface area contributed by atoms with Crippen LogP contribution < -0.4 is 10.6 Å². The van der Waals surface area contributed by atoms with Gasteiger partial charge in [-0.2, -0.15) is 0 Å². The van der Waals surface area contributed by atoms with Gasteiger partial charge < -0.3 is 25.2 Å². The number of carboxylic acids is 1. The molecule has 0 aliphatic carbocycles. The summed E-state index contributed by atoms with van der Waals surface area (Å²) in [6.07, 6.45) is 0.407. The molecule has 0 rings (SSSR count). The van der Waals surface area contributed by atoms with Crippen molar-refractivity contribution >= 4 is 12.0 Å². The van der Waals surface area contributed by atoms with Gasteiger partial charge in [-0.05, 0) is 5.92 Å². The Bertz CT molecular complexity index is 285. The van der Waals surface area contributed by atoms with E-state index in [0.717, 1.165) is 0 Å². The number of aliphatic carboxylic acids is 1. The van der Waals surface area contributed by atoms with Crippen LogP contribution in [0.2, 0.25) is 0 Å². The zero-order chi connectivity index (χ0) is 14.8. The summed E-state index contributed by atoms with van der Waals surface area (Å²) >= 11 is 0. The fourth-order valence-corrected chi connectivity index (χ4v) is 1.48. The van der Waals surface area contributed by atoms with E-state index in [1.807, 2.05) is 6.92 Å². The average Bonchev–Trinajstić information content (AvgIpc) is 2.39. The number of amides is 2. The first-order chi connectivity index (χ1) is 8.96. The lowest BCUT2D eigenvalue weighted by atomic mass is 9.99. The van der Waals surface area contributed by atoms with Gasteiger partial charge in [0.2, 0.25) is 0 Å². The third kappa shape index (κ3) is 6.97. The van der Waals surface area contributed by atoms with E-state index in [-0.39, 0.29) is 18.6 Å². The molecule has 0 aromatic heterocycles. The largest absolute Gasteiger partial charge is 0.480 e. The Kier molecular flexibility index (Phi) is 8.90. The van der Waals surface area contributed by atoms with Crippen molar-refractivity contribution < 1.29 is 24.2 Å². The third-order valence-electron chi connectivity index (χ3n) is 2.94. The molecule has 3 atom stereocenters. The van der Waals surface area contributed by atoms with Crippen LogP contribution in [0.15, 0.2) is 0 Å². The van der Waals surface area contributed by atoms with Crippen molar-refractivity contribution in [3.05, 3.63) is 0 Å². The fourth-order valence-electron chi connectivity index (χ4n) is 1.48. The van der Waals surface area contributed by atoms with Crippen molar-refractivity contribution in [2.24, 2.45) is 5.92 Å². The SMILES string of the molecule is CC[C@H](C)[C@H](NC(=O)NCC(COC)OC)C(=O)O. The number of carbonyl (C=O) groups is 2. The average molecular weight is 276 g/mol. The number of carboxylic acid groups (broad SMARTS) is 1. The Hall–Kier alpha value is -1.34. The second-order valence-corrected chi connectivity index (χ2v) is 4.37. The van der Waals surface area contributed by atoms with Crippen LogP contribution in [0, 0.1) is 5.92 Å². The van der Waals surface area contributed by atoms with Crippen molar-refractivity contribution in [1.82, 2.24) is 10.6 Å². The molecule has 3 N–H and O–H groups in total. The normalized spacial score (nSPS) is 15.4. The van der Waals surface area contributed by atoms with E-state index in [1.54, 1.807) is 6.92 Å². The Balaban J connectivity index is 4.23.